The Bertz CT molecular complexity index is 1260. The molecule has 3 aromatic carbocycles. The van der Waals surface area contributed by atoms with E-state index in [1.807, 2.05) is 79.8 Å². The standard InChI is InChI=1S/C30H34N4O3/c1-20(2)22-14-16-24(17-15-22)37-19-28(35)31-21(3)30(36)33-27-18-34(4)26-13-9-8-12-25(26)29(32-27)23-10-6-5-7-11-23/h5-17,20-21,27H,18-19H2,1-4H3,(H,31,35)(H,33,36)/t21-,27+/m0/s1. The van der Waals surface area contributed by atoms with E-state index < -0.39 is 12.2 Å². The molecule has 0 aromatic heterocycles. The topological polar surface area (TPSA) is 83.0 Å². The van der Waals surface area contributed by atoms with Crippen LogP contribution in [0, 0.1) is 0 Å². The molecule has 0 saturated carbocycles. The number of carbonyl (C=O) groups excluding carboxylic acids is 2. The number of amides is 2. The monoisotopic (exact) mass is 498 g/mol. The van der Waals surface area contributed by atoms with Crippen LogP contribution in [0.2, 0.25) is 0 Å². The number of carbonyl (C=O) groups is 2. The highest BCUT2D eigenvalue weighted by Crippen LogP contribution is 2.26. The second kappa shape index (κ2) is 11.7. The lowest BCUT2D eigenvalue weighted by molar-refractivity contribution is -0.129. The molecule has 0 aliphatic carbocycles. The van der Waals surface area contributed by atoms with Crippen molar-refractivity contribution in [2.75, 3.05) is 25.1 Å². The molecule has 0 spiro atoms. The van der Waals surface area contributed by atoms with Crippen LogP contribution < -0.4 is 20.3 Å². The van der Waals surface area contributed by atoms with Crippen molar-refractivity contribution in [2.45, 2.75) is 38.9 Å². The summed E-state index contributed by atoms with van der Waals surface area (Å²) in [5.41, 5.74) is 5.05. The minimum Gasteiger partial charge on any atom is -0.484 e. The lowest BCUT2D eigenvalue weighted by Crippen LogP contribution is -2.50. The van der Waals surface area contributed by atoms with Crippen LogP contribution >= 0.6 is 0 Å². The lowest BCUT2D eigenvalue weighted by Gasteiger charge is -2.24. The summed E-state index contributed by atoms with van der Waals surface area (Å²) in [5.74, 6) is 0.359. The first-order chi connectivity index (χ1) is 17.8. The third-order valence-corrected chi connectivity index (χ3v) is 6.35. The highest BCUT2D eigenvalue weighted by Gasteiger charge is 2.25. The van der Waals surface area contributed by atoms with E-state index in [2.05, 4.69) is 35.4 Å². The number of hydrogen-bond acceptors (Lipinski definition) is 5. The smallest absolute Gasteiger partial charge is 0.258 e. The minimum atomic E-state index is -0.745. The highest BCUT2D eigenvalue weighted by molar-refractivity contribution is 6.16. The fourth-order valence-corrected chi connectivity index (χ4v) is 4.27. The molecule has 2 atom stereocenters. The van der Waals surface area contributed by atoms with Gasteiger partial charge in [0, 0.05) is 23.9 Å². The molecule has 1 heterocycles. The third kappa shape index (κ3) is 6.55. The Labute approximate surface area is 218 Å². The van der Waals surface area contributed by atoms with Crippen LogP contribution in [0.3, 0.4) is 0 Å². The van der Waals surface area contributed by atoms with Crippen LogP contribution in [0.4, 0.5) is 5.69 Å². The second-order valence-electron chi connectivity index (χ2n) is 9.57. The quantitative estimate of drug-likeness (QED) is 0.489. The molecule has 1 aliphatic rings. The summed E-state index contributed by atoms with van der Waals surface area (Å²) in [6, 6.07) is 24.9. The molecule has 0 fully saturated rings. The van der Waals surface area contributed by atoms with Crippen LogP contribution in [0.1, 0.15) is 43.4 Å². The van der Waals surface area contributed by atoms with Gasteiger partial charge >= 0.3 is 0 Å². The van der Waals surface area contributed by atoms with Crippen molar-refractivity contribution in [3.05, 3.63) is 95.6 Å². The Morgan fingerprint density at radius 2 is 1.65 bits per heavy atom. The molecular formula is C30H34N4O3. The maximum atomic E-state index is 13.0. The van der Waals surface area contributed by atoms with E-state index in [-0.39, 0.29) is 18.4 Å². The van der Waals surface area contributed by atoms with Gasteiger partial charge < -0.3 is 20.3 Å². The van der Waals surface area contributed by atoms with Crippen molar-refractivity contribution in [3.8, 4) is 5.75 Å². The van der Waals surface area contributed by atoms with Crippen LogP contribution in [0.15, 0.2) is 83.9 Å². The number of fused-ring (bicyclic) bond motifs is 1. The van der Waals surface area contributed by atoms with Gasteiger partial charge in [0.25, 0.3) is 5.91 Å². The first kappa shape index (κ1) is 25.9. The summed E-state index contributed by atoms with van der Waals surface area (Å²) in [4.78, 5) is 32.5. The van der Waals surface area contributed by atoms with Gasteiger partial charge in [-0.1, -0.05) is 74.5 Å². The van der Waals surface area contributed by atoms with E-state index in [4.69, 9.17) is 9.73 Å². The minimum absolute atomic E-state index is 0.170. The predicted octanol–water partition coefficient (Wildman–Crippen LogP) is 4.12. The summed E-state index contributed by atoms with van der Waals surface area (Å²) in [6.07, 6.45) is -0.491. The zero-order valence-corrected chi connectivity index (χ0v) is 21.8. The maximum Gasteiger partial charge on any atom is 0.258 e. The fraction of sp³-hybridized carbons (Fsp3) is 0.300. The van der Waals surface area contributed by atoms with E-state index in [1.54, 1.807) is 6.92 Å². The number of para-hydroxylation sites is 1. The van der Waals surface area contributed by atoms with E-state index in [0.29, 0.717) is 18.2 Å². The Morgan fingerprint density at radius 1 is 0.973 bits per heavy atom. The van der Waals surface area contributed by atoms with Crippen LogP contribution in [0.5, 0.6) is 5.75 Å². The zero-order valence-electron chi connectivity index (χ0n) is 21.8. The Hall–Kier alpha value is -4.13. The van der Waals surface area contributed by atoms with Gasteiger partial charge in [0.2, 0.25) is 5.91 Å². The van der Waals surface area contributed by atoms with E-state index in [0.717, 1.165) is 22.5 Å². The lowest BCUT2D eigenvalue weighted by atomic mass is 10.0. The largest absolute Gasteiger partial charge is 0.484 e. The van der Waals surface area contributed by atoms with E-state index in [1.165, 1.54) is 5.56 Å². The summed E-state index contributed by atoms with van der Waals surface area (Å²) in [5, 5.41) is 5.71. The number of benzene rings is 3. The summed E-state index contributed by atoms with van der Waals surface area (Å²) in [6.45, 7) is 6.22. The Balaban J connectivity index is 1.40. The van der Waals surface area contributed by atoms with Gasteiger partial charge in [-0.15, -0.1) is 0 Å². The molecule has 2 amide bonds. The fourth-order valence-electron chi connectivity index (χ4n) is 4.27. The average molecular weight is 499 g/mol. The SMILES string of the molecule is CC(C)c1ccc(OCC(=O)N[C@@H](C)C(=O)N[C@@H]2CN(C)c3ccccc3C(c3ccccc3)=N2)cc1. The number of likely N-dealkylation sites (N-methyl/N-ethyl adjacent to an activating group) is 1. The van der Waals surface area contributed by atoms with Gasteiger partial charge in [-0.3, -0.25) is 14.6 Å². The summed E-state index contributed by atoms with van der Waals surface area (Å²) < 4.78 is 5.59. The molecule has 3 aromatic rings. The Kier molecular flexibility index (Phi) is 8.23. The molecular weight excluding hydrogens is 464 g/mol. The van der Waals surface area contributed by atoms with Crippen molar-refractivity contribution < 1.29 is 14.3 Å². The number of ether oxygens (including phenoxy) is 1. The number of nitrogens with zero attached hydrogens (tertiary/aromatic N) is 2. The summed E-state index contributed by atoms with van der Waals surface area (Å²) >= 11 is 0. The molecule has 4 rings (SSSR count). The number of benzodiazepines with no additional fused rings is 1. The number of nitrogens with one attached hydrogen (secondary N) is 2. The molecule has 0 bridgehead atoms. The molecule has 1 aliphatic heterocycles. The molecule has 7 nitrogen and oxygen atoms in total. The van der Waals surface area contributed by atoms with Gasteiger partial charge in [0.1, 0.15) is 18.0 Å². The molecule has 0 saturated heterocycles. The molecule has 0 radical (unpaired) electrons. The van der Waals surface area contributed by atoms with Gasteiger partial charge in [0.05, 0.1) is 12.3 Å². The van der Waals surface area contributed by atoms with Gasteiger partial charge in [0.15, 0.2) is 6.61 Å². The zero-order chi connectivity index (χ0) is 26.4. The summed E-state index contributed by atoms with van der Waals surface area (Å²) in [7, 11) is 1.98. The van der Waals surface area contributed by atoms with Crippen molar-refractivity contribution >= 4 is 23.2 Å². The average Bonchev–Trinajstić information content (AvgIpc) is 3.04. The first-order valence-corrected chi connectivity index (χ1v) is 12.6. The predicted molar refractivity (Wildman–Crippen MR) is 147 cm³/mol. The van der Waals surface area contributed by atoms with Gasteiger partial charge in [-0.25, -0.2) is 0 Å². The Morgan fingerprint density at radius 3 is 2.35 bits per heavy atom. The van der Waals surface area contributed by atoms with Gasteiger partial charge in [-0.2, -0.15) is 0 Å². The van der Waals surface area contributed by atoms with E-state index in [9.17, 15) is 9.59 Å². The molecule has 2 N–H and O–H groups in total. The van der Waals surface area contributed by atoms with Crippen LogP contribution in [-0.4, -0.2) is 49.9 Å². The second-order valence-corrected chi connectivity index (χ2v) is 9.57. The number of anilines is 1. The molecule has 7 heteroatoms. The first-order valence-electron chi connectivity index (χ1n) is 12.6. The highest BCUT2D eigenvalue weighted by atomic mass is 16.5. The molecule has 192 valence electrons. The van der Waals surface area contributed by atoms with Crippen LogP contribution in [-0.2, 0) is 9.59 Å². The maximum absolute atomic E-state index is 13.0. The van der Waals surface area contributed by atoms with Crippen molar-refractivity contribution in [3.63, 3.8) is 0 Å². The number of rotatable bonds is 8. The van der Waals surface area contributed by atoms with Crippen molar-refractivity contribution in [1.82, 2.24) is 10.6 Å². The van der Waals surface area contributed by atoms with Crippen LogP contribution in [0.25, 0.3) is 0 Å². The molecule has 37 heavy (non-hydrogen) atoms. The van der Waals surface area contributed by atoms with Crippen molar-refractivity contribution in [1.29, 1.82) is 0 Å². The van der Waals surface area contributed by atoms with Gasteiger partial charge in [-0.05, 0) is 36.6 Å². The number of hydrogen-bond donors (Lipinski definition) is 2. The third-order valence-electron chi connectivity index (χ3n) is 6.35. The van der Waals surface area contributed by atoms with Crippen molar-refractivity contribution in [2.24, 2.45) is 4.99 Å². The number of aliphatic imine (C=N–C) groups is 1. The van der Waals surface area contributed by atoms with E-state index >= 15 is 0 Å². The normalized spacial score (nSPS) is 15.8. The molecule has 0 unspecified atom stereocenters.